The lowest BCUT2D eigenvalue weighted by Gasteiger charge is -2.23. The second kappa shape index (κ2) is 6.29. The summed E-state index contributed by atoms with van der Waals surface area (Å²) < 4.78 is 5.81. The highest BCUT2D eigenvalue weighted by atomic mass is 16.5. The minimum Gasteiger partial charge on any atom is -0.491 e. The molecular weight excluding hydrogens is 250 g/mol. The molecule has 3 nitrogen and oxygen atoms in total. The Morgan fingerprint density at radius 2 is 1.70 bits per heavy atom. The number of para-hydroxylation sites is 1. The van der Waals surface area contributed by atoms with Gasteiger partial charge in [-0.1, -0.05) is 59.7 Å². The first kappa shape index (κ1) is 16.5. The molecule has 0 saturated carbocycles. The third-order valence-corrected chi connectivity index (χ3v) is 3.02. The van der Waals surface area contributed by atoms with Gasteiger partial charge in [-0.2, -0.15) is 0 Å². The van der Waals surface area contributed by atoms with Gasteiger partial charge in [0.2, 0.25) is 5.91 Å². The minimum atomic E-state index is -0.358. The van der Waals surface area contributed by atoms with Crippen molar-refractivity contribution in [3.05, 3.63) is 29.8 Å². The number of hydrogen-bond donors (Lipinski definition) is 1. The van der Waals surface area contributed by atoms with Crippen molar-refractivity contribution >= 4 is 5.91 Å². The fraction of sp³-hybridized carbons (Fsp3) is 0.588. The molecule has 112 valence electrons. The second-order valence-corrected chi connectivity index (χ2v) is 7.10. The quantitative estimate of drug-likeness (QED) is 0.855. The summed E-state index contributed by atoms with van der Waals surface area (Å²) in [5, 5.41) is 2.89. The smallest absolute Gasteiger partial charge is 0.225 e. The van der Waals surface area contributed by atoms with E-state index in [0.717, 1.165) is 5.75 Å². The van der Waals surface area contributed by atoms with Crippen molar-refractivity contribution in [1.82, 2.24) is 5.32 Å². The van der Waals surface area contributed by atoms with Gasteiger partial charge >= 0.3 is 0 Å². The molecule has 20 heavy (non-hydrogen) atoms. The Hall–Kier alpha value is -1.51. The van der Waals surface area contributed by atoms with Crippen molar-refractivity contribution in [3.63, 3.8) is 0 Å². The van der Waals surface area contributed by atoms with Gasteiger partial charge in [0.15, 0.2) is 0 Å². The molecule has 0 unspecified atom stereocenters. The highest BCUT2D eigenvalue weighted by molar-refractivity contribution is 5.81. The van der Waals surface area contributed by atoms with E-state index in [1.807, 2.05) is 39.0 Å². The van der Waals surface area contributed by atoms with Gasteiger partial charge in [0, 0.05) is 5.41 Å². The van der Waals surface area contributed by atoms with E-state index < -0.39 is 0 Å². The molecule has 1 amide bonds. The van der Waals surface area contributed by atoms with Crippen LogP contribution in [0.5, 0.6) is 5.75 Å². The fourth-order valence-corrected chi connectivity index (χ4v) is 1.80. The Kier molecular flexibility index (Phi) is 5.21. The van der Waals surface area contributed by atoms with Crippen LogP contribution in [0.15, 0.2) is 24.3 Å². The number of hydrogen-bond acceptors (Lipinski definition) is 2. The number of benzene rings is 1. The van der Waals surface area contributed by atoms with Gasteiger partial charge in [-0.15, -0.1) is 0 Å². The molecule has 0 fully saturated rings. The van der Waals surface area contributed by atoms with Crippen molar-refractivity contribution in [2.75, 3.05) is 13.2 Å². The van der Waals surface area contributed by atoms with E-state index in [-0.39, 0.29) is 16.7 Å². The molecule has 0 aromatic heterocycles. The van der Waals surface area contributed by atoms with Gasteiger partial charge in [0.05, 0.1) is 6.54 Å². The van der Waals surface area contributed by atoms with Crippen molar-refractivity contribution in [2.24, 2.45) is 5.41 Å². The highest BCUT2D eigenvalue weighted by Gasteiger charge is 2.21. The van der Waals surface area contributed by atoms with E-state index in [4.69, 9.17) is 4.74 Å². The van der Waals surface area contributed by atoms with E-state index >= 15 is 0 Å². The number of ether oxygens (including phenoxy) is 1. The van der Waals surface area contributed by atoms with Crippen LogP contribution >= 0.6 is 0 Å². The van der Waals surface area contributed by atoms with Crippen LogP contribution in [0, 0.1) is 5.41 Å². The van der Waals surface area contributed by atoms with E-state index in [9.17, 15) is 4.79 Å². The van der Waals surface area contributed by atoms with Crippen LogP contribution in [0.4, 0.5) is 0 Å². The number of carbonyl (C=O) groups excluding carboxylic acids is 1. The largest absolute Gasteiger partial charge is 0.491 e. The van der Waals surface area contributed by atoms with Crippen molar-refractivity contribution in [3.8, 4) is 5.75 Å². The van der Waals surface area contributed by atoms with Gasteiger partial charge in [0.25, 0.3) is 0 Å². The molecule has 3 heteroatoms. The summed E-state index contributed by atoms with van der Waals surface area (Å²) in [7, 11) is 0. The molecule has 0 spiro atoms. The second-order valence-electron chi connectivity index (χ2n) is 7.10. The van der Waals surface area contributed by atoms with Crippen LogP contribution in [-0.2, 0) is 10.2 Å². The first-order valence-corrected chi connectivity index (χ1v) is 7.13. The van der Waals surface area contributed by atoms with Crippen LogP contribution in [0.1, 0.15) is 47.1 Å². The molecule has 1 aromatic rings. The minimum absolute atomic E-state index is 0.0465. The van der Waals surface area contributed by atoms with E-state index in [0.29, 0.717) is 13.2 Å². The molecule has 0 atom stereocenters. The zero-order valence-corrected chi connectivity index (χ0v) is 13.5. The predicted octanol–water partition coefficient (Wildman–Crippen LogP) is 3.53. The Morgan fingerprint density at radius 3 is 2.25 bits per heavy atom. The topological polar surface area (TPSA) is 38.3 Å². The van der Waals surface area contributed by atoms with Crippen LogP contribution in [0.3, 0.4) is 0 Å². The first-order valence-electron chi connectivity index (χ1n) is 7.13. The van der Waals surface area contributed by atoms with Crippen LogP contribution in [-0.4, -0.2) is 19.1 Å². The SMILES string of the molecule is CC(C)(C)C(=O)NCCOc1ccccc1C(C)(C)C. The normalized spacial score (nSPS) is 12.1. The summed E-state index contributed by atoms with van der Waals surface area (Å²) in [4.78, 5) is 11.7. The average molecular weight is 277 g/mol. The van der Waals surface area contributed by atoms with Crippen LogP contribution in [0.2, 0.25) is 0 Å². The third kappa shape index (κ3) is 4.87. The summed E-state index contributed by atoms with van der Waals surface area (Å²) in [5.41, 5.74) is 0.872. The van der Waals surface area contributed by atoms with Crippen LogP contribution in [0.25, 0.3) is 0 Å². The summed E-state index contributed by atoms with van der Waals surface area (Å²) in [6.45, 7) is 13.2. The molecule has 0 aliphatic rings. The predicted molar refractivity (Wildman–Crippen MR) is 83.1 cm³/mol. The molecule has 1 aromatic carbocycles. The molecule has 0 radical (unpaired) electrons. The molecule has 0 bridgehead atoms. The number of carbonyl (C=O) groups is 1. The summed E-state index contributed by atoms with van der Waals surface area (Å²) in [6, 6.07) is 8.06. The first-order chi connectivity index (χ1) is 9.12. The lowest BCUT2D eigenvalue weighted by atomic mass is 9.86. The monoisotopic (exact) mass is 277 g/mol. The van der Waals surface area contributed by atoms with Gasteiger partial charge in [0.1, 0.15) is 12.4 Å². The Bertz CT molecular complexity index is 453. The fourth-order valence-electron chi connectivity index (χ4n) is 1.80. The molecule has 0 saturated heterocycles. The van der Waals surface area contributed by atoms with Crippen molar-refractivity contribution in [1.29, 1.82) is 0 Å². The lowest BCUT2D eigenvalue weighted by molar-refractivity contribution is -0.128. The van der Waals surface area contributed by atoms with E-state index in [1.54, 1.807) is 0 Å². The number of rotatable bonds is 4. The summed E-state index contributed by atoms with van der Waals surface area (Å²) in [6.07, 6.45) is 0. The molecular formula is C17H27NO2. The Morgan fingerprint density at radius 1 is 1.10 bits per heavy atom. The Balaban J connectivity index is 2.54. The number of nitrogens with one attached hydrogen (secondary N) is 1. The highest BCUT2D eigenvalue weighted by Crippen LogP contribution is 2.30. The molecule has 1 N–H and O–H groups in total. The van der Waals surface area contributed by atoms with Crippen LogP contribution < -0.4 is 10.1 Å². The lowest BCUT2D eigenvalue weighted by Crippen LogP contribution is -2.37. The number of amides is 1. The summed E-state index contributed by atoms with van der Waals surface area (Å²) >= 11 is 0. The zero-order chi connectivity index (χ0) is 15.4. The van der Waals surface area contributed by atoms with E-state index in [1.165, 1.54) is 5.56 Å². The average Bonchev–Trinajstić information content (AvgIpc) is 2.32. The third-order valence-electron chi connectivity index (χ3n) is 3.02. The maximum absolute atomic E-state index is 11.7. The van der Waals surface area contributed by atoms with Gasteiger partial charge in [-0.25, -0.2) is 0 Å². The molecule has 0 aliphatic carbocycles. The maximum Gasteiger partial charge on any atom is 0.225 e. The molecule has 0 aliphatic heterocycles. The van der Waals surface area contributed by atoms with Crippen molar-refractivity contribution < 1.29 is 9.53 Å². The Labute approximate surface area is 122 Å². The maximum atomic E-state index is 11.7. The standard InChI is InChI=1S/C17H27NO2/c1-16(2,3)13-9-7-8-10-14(13)20-12-11-18-15(19)17(4,5)6/h7-10H,11-12H2,1-6H3,(H,18,19). The summed E-state index contributed by atoms with van der Waals surface area (Å²) in [5.74, 6) is 0.940. The molecule has 1 rings (SSSR count). The van der Waals surface area contributed by atoms with Gasteiger partial charge < -0.3 is 10.1 Å². The van der Waals surface area contributed by atoms with Gasteiger partial charge in [-0.3, -0.25) is 4.79 Å². The zero-order valence-electron chi connectivity index (χ0n) is 13.5. The molecule has 0 heterocycles. The van der Waals surface area contributed by atoms with E-state index in [2.05, 4.69) is 32.2 Å². The van der Waals surface area contributed by atoms with Crippen molar-refractivity contribution in [2.45, 2.75) is 47.0 Å². The van der Waals surface area contributed by atoms with Gasteiger partial charge in [-0.05, 0) is 17.0 Å².